The highest BCUT2D eigenvalue weighted by atomic mass is 16.6. The number of hydrogen-bond donors (Lipinski definition) is 1. The molecule has 0 saturated heterocycles. The minimum Gasteiger partial charge on any atom is -0.486 e. The van der Waals surface area contributed by atoms with E-state index >= 15 is 0 Å². The number of hydrogen-bond acceptors (Lipinski definition) is 5. The number of nitrogens with one attached hydrogen (secondary N) is 1. The lowest BCUT2D eigenvalue weighted by molar-refractivity contribution is -0.116. The van der Waals surface area contributed by atoms with Crippen molar-refractivity contribution in [2.24, 2.45) is 0 Å². The monoisotopic (exact) mass is 362 g/mol. The van der Waals surface area contributed by atoms with E-state index < -0.39 is 0 Å². The number of rotatable bonds is 5. The second-order valence-electron chi connectivity index (χ2n) is 6.00. The number of fused-ring (bicyclic) bond motifs is 1. The summed E-state index contributed by atoms with van der Waals surface area (Å²) >= 11 is 0. The first-order valence-electron chi connectivity index (χ1n) is 8.64. The van der Waals surface area contributed by atoms with E-state index in [-0.39, 0.29) is 12.5 Å². The predicted octanol–water partition coefficient (Wildman–Crippen LogP) is 3.44. The zero-order chi connectivity index (χ0) is 18.5. The molecule has 0 bridgehead atoms. The van der Waals surface area contributed by atoms with E-state index in [0.29, 0.717) is 30.4 Å². The third kappa shape index (κ3) is 4.17. The highest BCUT2D eigenvalue weighted by Gasteiger charge is 2.14. The number of aromatic nitrogens is 1. The molecule has 6 nitrogen and oxygen atoms in total. The fourth-order valence-electron chi connectivity index (χ4n) is 2.70. The molecule has 0 unspecified atom stereocenters. The largest absolute Gasteiger partial charge is 0.486 e. The molecular formula is C21H18N2O4. The van der Waals surface area contributed by atoms with Crippen LogP contribution < -0.4 is 14.8 Å². The zero-order valence-corrected chi connectivity index (χ0v) is 14.6. The zero-order valence-electron chi connectivity index (χ0n) is 14.6. The van der Waals surface area contributed by atoms with Crippen molar-refractivity contribution in [1.29, 1.82) is 0 Å². The van der Waals surface area contributed by atoms with Crippen molar-refractivity contribution in [3.63, 3.8) is 0 Å². The van der Waals surface area contributed by atoms with Gasteiger partial charge in [0.1, 0.15) is 18.9 Å². The Morgan fingerprint density at radius 1 is 1.04 bits per heavy atom. The Kier molecular flexibility index (Phi) is 4.87. The van der Waals surface area contributed by atoms with Gasteiger partial charge in [0.2, 0.25) is 5.91 Å². The molecule has 27 heavy (non-hydrogen) atoms. The van der Waals surface area contributed by atoms with E-state index in [4.69, 9.17) is 14.0 Å². The molecule has 1 aliphatic heterocycles. The van der Waals surface area contributed by atoms with Crippen LogP contribution in [-0.2, 0) is 11.3 Å². The summed E-state index contributed by atoms with van der Waals surface area (Å²) in [5, 5.41) is 6.80. The maximum Gasteiger partial charge on any atom is 0.244 e. The topological polar surface area (TPSA) is 73.6 Å². The molecule has 0 atom stereocenters. The van der Waals surface area contributed by atoms with Gasteiger partial charge in [-0.25, -0.2) is 0 Å². The molecule has 1 amide bonds. The van der Waals surface area contributed by atoms with Gasteiger partial charge in [0.25, 0.3) is 0 Å². The van der Waals surface area contributed by atoms with Crippen molar-refractivity contribution < 1.29 is 18.8 Å². The van der Waals surface area contributed by atoms with E-state index in [9.17, 15) is 4.79 Å². The van der Waals surface area contributed by atoms with Gasteiger partial charge in [-0.15, -0.1) is 0 Å². The van der Waals surface area contributed by atoms with Gasteiger partial charge >= 0.3 is 0 Å². The van der Waals surface area contributed by atoms with Gasteiger partial charge in [-0.3, -0.25) is 4.79 Å². The average Bonchev–Trinajstić information content (AvgIpc) is 3.20. The van der Waals surface area contributed by atoms with Crippen molar-refractivity contribution in [3.05, 3.63) is 71.9 Å². The Labute approximate surface area is 156 Å². The molecule has 1 aromatic heterocycles. The van der Waals surface area contributed by atoms with E-state index in [1.807, 2.05) is 48.5 Å². The van der Waals surface area contributed by atoms with Crippen LogP contribution in [-0.4, -0.2) is 24.3 Å². The Balaban J connectivity index is 1.37. The van der Waals surface area contributed by atoms with Crippen LogP contribution in [0.5, 0.6) is 11.5 Å². The summed E-state index contributed by atoms with van der Waals surface area (Å²) in [7, 11) is 0. The fourth-order valence-corrected chi connectivity index (χ4v) is 2.70. The molecule has 2 aromatic carbocycles. The van der Waals surface area contributed by atoms with Gasteiger partial charge in [-0.05, 0) is 29.8 Å². The van der Waals surface area contributed by atoms with Crippen molar-refractivity contribution in [2.75, 3.05) is 13.2 Å². The third-order valence-electron chi connectivity index (χ3n) is 4.06. The number of carbonyl (C=O) groups excluding carboxylic acids is 1. The second kappa shape index (κ2) is 7.78. The Morgan fingerprint density at radius 3 is 2.70 bits per heavy atom. The van der Waals surface area contributed by atoms with Crippen LogP contribution >= 0.6 is 0 Å². The normalized spacial score (nSPS) is 12.9. The Hall–Kier alpha value is -3.54. The third-order valence-corrected chi connectivity index (χ3v) is 4.06. The fraction of sp³-hybridized carbons (Fsp3) is 0.143. The summed E-state index contributed by atoms with van der Waals surface area (Å²) in [4.78, 5) is 11.9. The predicted molar refractivity (Wildman–Crippen MR) is 100 cm³/mol. The van der Waals surface area contributed by atoms with Gasteiger partial charge in [-0.2, -0.15) is 0 Å². The van der Waals surface area contributed by atoms with Crippen LogP contribution in [0.1, 0.15) is 11.3 Å². The van der Waals surface area contributed by atoms with Crippen molar-refractivity contribution in [3.8, 4) is 22.8 Å². The molecule has 0 fully saturated rings. The molecule has 2 heterocycles. The van der Waals surface area contributed by atoms with Gasteiger partial charge in [0, 0.05) is 17.7 Å². The molecule has 1 N–H and O–H groups in total. The van der Waals surface area contributed by atoms with E-state index in [0.717, 1.165) is 16.9 Å². The summed E-state index contributed by atoms with van der Waals surface area (Å²) in [6.07, 6.45) is 3.26. The van der Waals surface area contributed by atoms with Crippen LogP contribution in [0.4, 0.5) is 0 Å². The molecule has 0 spiro atoms. The van der Waals surface area contributed by atoms with Gasteiger partial charge in [0.15, 0.2) is 17.3 Å². The molecule has 3 aromatic rings. The second-order valence-corrected chi connectivity index (χ2v) is 6.00. The molecule has 136 valence electrons. The minimum absolute atomic E-state index is 0.192. The van der Waals surface area contributed by atoms with E-state index in [1.54, 1.807) is 12.1 Å². The first-order chi connectivity index (χ1) is 13.3. The van der Waals surface area contributed by atoms with Crippen LogP contribution in [0, 0.1) is 0 Å². The van der Waals surface area contributed by atoms with Crippen LogP contribution in [0.3, 0.4) is 0 Å². The van der Waals surface area contributed by atoms with Gasteiger partial charge in [0.05, 0.1) is 6.54 Å². The maximum atomic E-state index is 11.9. The number of benzene rings is 2. The minimum atomic E-state index is -0.192. The number of ether oxygens (including phenoxy) is 2. The van der Waals surface area contributed by atoms with E-state index in [1.165, 1.54) is 6.08 Å². The number of amides is 1. The van der Waals surface area contributed by atoms with Crippen molar-refractivity contribution in [2.45, 2.75) is 6.54 Å². The number of nitrogens with zero attached hydrogens (tertiary/aromatic N) is 1. The quantitative estimate of drug-likeness (QED) is 0.704. The first kappa shape index (κ1) is 16.9. The van der Waals surface area contributed by atoms with Crippen molar-refractivity contribution >= 4 is 12.0 Å². The Morgan fingerprint density at radius 2 is 1.85 bits per heavy atom. The molecule has 0 aliphatic carbocycles. The standard InChI is InChI=1S/C21H18N2O4/c24-21(9-6-15-4-2-1-3-5-15)22-14-17-13-19(27-23-17)16-7-8-18-20(12-16)26-11-10-25-18/h1-9,12-13H,10-11,14H2,(H,22,24)/b9-6-. The highest BCUT2D eigenvalue weighted by Crippen LogP contribution is 2.34. The lowest BCUT2D eigenvalue weighted by Crippen LogP contribution is -2.20. The van der Waals surface area contributed by atoms with Crippen LogP contribution in [0.2, 0.25) is 0 Å². The number of carbonyl (C=O) groups is 1. The molecule has 6 heteroatoms. The molecule has 0 radical (unpaired) electrons. The lowest BCUT2D eigenvalue weighted by Gasteiger charge is -2.18. The molecular weight excluding hydrogens is 344 g/mol. The van der Waals surface area contributed by atoms with Crippen molar-refractivity contribution in [1.82, 2.24) is 10.5 Å². The Bertz CT molecular complexity index is 963. The first-order valence-corrected chi connectivity index (χ1v) is 8.64. The summed E-state index contributed by atoms with van der Waals surface area (Å²) in [5.41, 5.74) is 2.45. The van der Waals surface area contributed by atoms with Gasteiger partial charge < -0.3 is 19.3 Å². The molecule has 4 rings (SSSR count). The van der Waals surface area contributed by atoms with Crippen LogP contribution in [0.15, 0.2) is 65.2 Å². The summed E-state index contributed by atoms with van der Waals surface area (Å²) in [5.74, 6) is 1.83. The average molecular weight is 362 g/mol. The highest BCUT2D eigenvalue weighted by molar-refractivity contribution is 5.91. The summed E-state index contributed by atoms with van der Waals surface area (Å²) in [6, 6.07) is 17.0. The maximum absolute atomic E-state index is 11.9. The summed E-state index contributed by atoms with van der Waals surface area (Å²) < 4.78 is 16.5. The van der Waals surface area contributed by atoms with Gasteiger partial charge in [-0.1, -0.05) is 35.5 Å². The molecule has 0 saturated carbocycles. The lowest BCUT2D eigenvalue weighted by atomic mass is 10.1. The smallest absolute Gasteiger partial charge is 0.244 e. The summed E-state index contributed by atoms with van der Waals surface area (Å²) in [6.45, 7) is 1.36. The molecule has 1 aliphatic rings. The van der Waals surface area contributed by atoms with Crippen LogP contribution in [0.25, 0.3) is 17.4 Å². The SMILES string of the molecule is O=C(/C=C\c1ccccc1)NCc1cc(-c2ccc3c(c2)OCCO3)on1. The van der Waals surface area contributed by atoms with E-state index in [2.05, 4.69) is 10.5 Å².